The molecule has 0 radical (unpaired) electrons. The van der Waals surface area contributed by atoms with Crippen LogP contribution in [0.3, 0.4) is 0 Å². The Kier molecular flexibility index (Phi) is 12.9. The van der Waals surface area contributed by atoms with Crippen molar-refractivity contribution in [3.63, 3.8) is 0 Å². The molecule has 9 nitrogen and oxygen atoms in total. The standard InChI is InChI=1S/C59H62O9/c1-8-64-30-31-66-51(60)26-27-52(61)67-33-32-65-43-24-20-41(21-25-43)59(40-18-22-42(62-6)23-19-40)29-28-45-54-53(44-16-12-13-17-49(44)58(54)37-56(2,3)36-57(4,5)38-58)47-34-46(39-14-10-9-11-15-39)50(63-7)35-48(47)55(45)68-59/h9-25,28-29,34-35H,8,26-27,30-33,36-38H2,1-7H3. The maximum Gasteiger partial charge on any atom is 0.306 e. The molecule has 3 aliphatic rings. The van der Waals surface area contributed by atoms with E-state index in [9.17, 15) is 9.59 Å². The molecule has 352 valence electrons. The third-order valence-electron chi connectivity index (χ3n) is 13.8. The third-order valence-corrected chi connectivity index (χ3v) is 13.8. The van der Waals surface area contributed by atoms with Gasteiger partial charge in [-0.1, -0.05) is 113 Å². The van der Waals surface area contributed by atoms with Gasteiger partial charge in [0.05, 0.1) is 33.7 Å². The molecule has 1 aliphatic heterocycles. The largest absolute Gasteiger partial charge is 0.497 e. The lowest BCUT2D eigenvalue weighted by atomic mass is 9.52. The van der Waals surface area contributed by atoms with Crippen molar-refractivity contribution in [1.29, 1.82) is 0 Å². The fourth-order valence-corrected chi connectivity index (χ4v) is 11.8. The van der Waals surface area contributed by atoms with E-state index in [0.717, 1.165) is 75.1 Å². The summed E-state index contributed by atoms with van der Waals surface area (Å²) in [5.41, 5.74) is 9.15. The quantitative estimate of drug-likeness (QED) is 0.0694. The topological polar surface area (TPSA) is 98.8 Å². The van der Waals surface area contributed by atoms with E-state index in [2.05, 4.69) is 113 Å². The Labute approximate surface area is 400 Å². The number of hydrogen-bond acceptors (Lipinski definition) is 9. The van der Waals surface area contributed by atoms with Crippen molar-refractivity contribution in [2.45, 2.75) is 77.7 Å². The Morgan fingerprint density at radius 3 is 1.88 bits per heavy atom. The van der Waals surface area contributed by atoms with Crippen LogP contribution in [0.2, 0.25) is 0 Å². The second-order valence-electron chi connectivity index (χ2n) is 19.9. The minimum Gasteiger partial charge on any atom is -0.497 e. The molecule has 1 saturated carbocycles. The smallest absolute Gasteiger partial charge is 0.306 e. The number of benzene rings is 6. The number of fused-ring (bicyclic) bond motifs is 10. The van der Waals surface area contributed by atoms with Crippen LogP contribution in [-0.4, -0.2) is 59.2 Å². The molecule has 2 aliphatic carbocycles. The van der Waals surface area contributed by atoms with Crippen molar-refractivity contribution in [2.75, 3.05) is 47.3 Å². The second kappa shape index (κ2) is 18.8. The first-order chi connectivity index (χ1) is 32.8. The average molecular weight is 915 g/mol. The van der Waals surface area contributed by atoms with Gasteiger partial charge in [0.2, 0.25) is 0 Å². The molecule has 6 aromatic rings. The maximum absolute atomic E-state index is 12.4. The summed E-state index contributed by atoms with van der Waals surface area (Å²) in [5, 5.41) is 2.11. The van der Waals surface area contributed by atoms with Crippen LogP contribution in [0.1, 0.15) is 94.5 Å². The molecule has 68 heavy (non-hydrogen) atoms. The van der Waals surface area contributed by atoms with E-state index in [4.69, 9.17) is 33.2 Å². The molecule has 9 rings (SSSR count). The first-order valence-corrected chi connectivity index (χ1v) is 23.8. The molecule has 1 atom stereocenters. The molecule has 1 spiro atoms. The number of carbonyl (C=O) groups excluding carboxylic acids is 2. The number of methoxy groups -OCH3 is 2. The zero-order valence-corrected chi connectivity index (χ0v) is 40.4. The average Bonchev–Trinajstić information content (AvgIpc) is 3.60. The zero-order chi connectivity index (χ0) is 47.7. The van der Waals surface area contributed by atoms with Gasteiger partial charge in [-0.25, -0.2) is 0 Å². The van der Waals surface area contributed by atoms with Crippen molar-refractivity contribution < 1.29 is 42.7 Å². The van der Waals surface area contributed by atoms with Crippen LogP contribution >= 0.6 is 0 Å². The van der Waals surface area contributed by atoms with Crippen molar-refractivity contribution in [3.8, 4) is 45.3 Å². The van der Waals surface area contributed by atoms with Crippen LogP contribution in [-0.2, 0) is 34.8 Å². The fraction of sp³-hybridized carbons (Fsp3) is 0.356. The summed E-state index contributed by atoms with van der Waals surface area (Å²) in [4.78, 5) is 24.3. The van der Waals surface area contributed by atoms with E-state index in [1.165, 1.54) is 22.3 Å². The molecule has 0 amide bonds. The highest BCUT2D eigenvalue weighted by Crippen LogP contribution is 2.67. The minimum atomic E-state index is -1.06. The summed E-state index contributed by atoms with van der Waals surface area (Å²) < 4.78 is 41.4. The zero-order valence-electron chi connectivity index (χ0n) is 40.4. The molecule has 6 aromatic carbocycles. The maximum atomic E-state index is 12.4. The highest BCUT2D eigenvalue weighted by atomic mass is 16.6. The van der Waals surface area contributed by atoms with Gasteiger partial charge >= 0.3 is 11.9 Å². The molecule has 1 heterocycles. The summed E-state index contributed by atoms with van der Waals surface area (Å²) >= 11 is 0. The summed E-state index contributed by atoms with van der Waals surface area (Å²) in [6, 6.07) is 40.1. The first kappa shape index (κ1) is 46.5. The van der Waals surface area contributed by atoms with Crippen molar-refractivity contribution >= 4 is 28.8 Å². The number of hydrogen-bond donors (Lipinski definition) is 0. The predicted molar refractivity (Wildman–Crippen MR) is 267 cm³/mol. The van der Waals surface area contributed by atoms with Gasteiger partial charge in [0.25, 0.3) is 0 Å². The van der Waals surface area contributed by atoms with Crippen molar-refractivity contribution in [2.24, 2.45) is 10.8 Å². The van der Waals surface area contributed by atoms with E-state index in [0.29, 0.717) is 19.0 Å². The lowest BCUT2D eigenvalue weighted by Crippen LogP contribution is -2.44. The Hall–Kier alpha value is -6.58. The van der Waals surface area contributed by atoms with Gasteiger partial charge in [-0.3, -0.25) is 9.59 Å². The Morgan fingerprint density at radius 1 is 0.632 bits per heavy atom. The summed E-state index contributed by atoms with van der Waals surface area (Å²) in [6.07, 6.45) is 7.56. The van der Waals surface area contributed by atoms with Crippen LogP contribution in [0.4, 0.5) is 0 Å². The van der Waals surface area contributed by atoms with Crippen LogP contribution in [0.25, 0.3) is 39.1 Å². The van der Waals surface area contributed by atoms with Gasteiger partial charge in [0.1, 0.15) is 42.8 Å². The van der Waals surface area contributed by atoms with Gasteiger partial charge in [0.15, 0.2) is 5.60 Å². The summed E-state index contributed by atoms with van der Waals surface area (Å²) in [5.74, 6) is 1.97. The lowest BCUT2D eigenvalue weighted by molar-refractivity contribution is -0.151. The third kappa shape index (κ3) is 8.84. The van der Waals surface area contributed by atoms with E-state index >= 15 is 0 Å². The lowest BCUT2D eigenvalue weighted by Gasteiger charge is -2.52. The van der Waals surface area contributed by atoms with E-state index in [1.54, 1.807) is 14.2 Å². The normalized spacial score (nSPS) is 17.9. The molecular formula is C59H62O9. The van der Waals surface area contributed by atoms with Crippen LogP contribution in [0.15, 0.2) is 121 Å². The monoisotopic (exact) mass is 914 g/mol. The number of esters is 2. The highest BCUT2D eigenvalue weighted by Gasteiger charge is 2.55. The Morgan fingerprint density at radius 2 is 1.25 bits per heavy atom. The molecule has 1 unspecified atom stereocenters. The van der Waals surface area contributed by atoms with Crippen LogP contribution < -0.4 is 18.9 Å². The first-order valence-electron chi connectivity index (χ1n) is 23.8. The highest BCUT2D eigenvalue weighted by molar-refractivity contribution is 6.10. The van der Waals surface area contributed by atoms with Crippen molar-refractivity contribution in [3.05, 3.63) is 149 Å². The predicted octanol–water partition coefficient (Wildman–Crippen LogP) is 12.7. The van der Waals surface area contributed by atoms with Crippen molar-refractivity contribution in [1.82, 2.24) is 0 Å². The molecular weight excluding hydrogens is 853 g/mol. The van der Waals surface area contributed by atoms with Gasteiger partial charge in [-0.05, 0) is 113 Å². The summed E-state index contributed by atoms with van der Waals surface area (Å²) in [7, 11) is 3.41. The fourth-order valence-electron chi connectivity index (χ4n) is 11.8. The number of carbonyl (C=O) groups is 2. The molecule has 0 N–H and O–H groups in total. The number of rotatable bonds is 16. The minimum absolute atomic E-state index is 0.0327. The van der Waals surface area contributed by atoms with Crippen LogP contribution in [0.5, 0.6) is 23.0 Å². The SMILES string of the molecule is CCOCCOC(=O)CCC(=O)OCCOc1ccc(C2(c3ccc(OC)cc3)C=Cc3c4c(c5cc(-c6ccccc6)c(OC)cc5c3O2)-c2ccccc2C42CC(C)(C)CC(C)(C)C2)cc1. The molecule has 0 aromatic heterocycles. The number of ether oxygens (including phenoxy) is 7. The van der Waals surface area contributed by atoms with Gasteiger partial charge in [-0.2, -0.15) is 0 Å². The molecule has 1 fully saturated rings. The molecule has 0 bridgehead atoms. The molecule has 0 saturated heterocycles. The Balaban J connectivity index is 1.12. The van der Waals surface area contributed by atoms with Crippen LogP contribution in [0, 0.1) is 10.8 Å². The van der Waals surface area contributed by atoms with Gasteiger partial charge < -0.3 is 33.2 Å². The van der Waals surface area contributed by atoms with E-state index in [1.807, 2.05) is 49.4 Å². The van der Waals surface area contributed by atoms with E-state index < -0.39 is 17.5 Å². The van der Waals surface area contributed by atoms with Gasteiger partial charge in [-0.15, -0.1) is 0 Å². The van der Waals surface area contributed by atoms with E-state index in [-0.39, 0.29) is 48.9 Å². The molecule has 9 heteroatoms. The summed E-state index contributed by atoms with van der Waals surface area (Å²) in [6.45, 7) is 12.8. The van der Waals surface area contributed by atoms with Gasteiger partial charge in [0, 0.05) is 39.7 Å². The Bertz CT molecular complexity index is 2830. The second-order valence-corrected chi connectivity index (χ2v) is 19.9.